The summed E-state index contributed by atoms with van der Waals surface area (Å²) < 4.78 is 22.3. The Balaban J connectivity index is 2.10. The minimum Gasteiger partial charge on any atom is -0.252 e. The molecule has 0 saturated heterocycles. The van der Waals surface area contributed by atoms with Crippen LogP contribution in [0.25, 0.3) is 0 Å². The van der Waals surface area contributed by atoms with Crippen LogP contribution in [0.4, 0.5) is 0 Å². The predicted octanol–water partition coefficient (Wildman–Crippen LogP) is 4.96. The maximum absolute atomic E-state index is 12.3. The van der Waals surface area contributed by atoms with Crippen molar-refractivity contribution in [2.45, 2.75) is 11.5 Å². The van der Waals surface area contributed by atoms with Gasteiger partial charge in [0.15, 0.2) is 0 Å². The minimum absolute atomic E-state index is 0.288. The average molecular weight is 403 g/mol. The van der Waals surface area contributed by atoms with Gasteiger partial charge in [-0.1, -0.05) is 56.1 Å². The Morgan fingerprint density at radius 1 is 0.789 bits per heavy atom. The predicted molar refractivity (Wildman–Crippen MR) is 86.6 cm³/mol. The van der Waals surface area contributed by atoms with Crippen molar-refractivity contribution < 1.29 is 4.21 Å². The van der Waals surface area contributed by atoms with Crippen LogP contribution in [0.5, 0.6) is 0 Å². The Hall–Kier alpha value is -0.650. The van der Waals surface area contributed by atoms with Gasteiger partial charge in [-0.15, -0.1) is 0 Å². The van der Waals surface area contributed by atoms with E-state index in [1.165, 1.54) is 0 Å². The Morgan fingerprint density at radius 3 is 1.42 bits per heavy atom. The fourth-order valence-corrected chi connectivity index (χ4v) is 3.84. The van der Waals surface area contributed by atoms with E-state index in [9.17, 15) is 4.21 Å². The number of rotatable bonds is 4. The Kier molecular flexibility index (Phi) is 4.81. The van der Waals surface area contributed by atoms with Gasteiger partial charge in [-0.2, -0.15) is 0 Å². The molecule has 0 aromatic heterocycles. The highest BCUT2D eigenvalue weighted by Gasteiger charge is 2.09. The molecule has 0 amide bonds. The highest BCUT2D eigenvalue weighted by Crippen LogP contribution is 2.17. The molecule has 0 aliphatic heterocycles. The van der Waals surface area contributed by atoms with Crippen LogP contribution in [0.15, 0.2) is 57.5 Å². The SMILES string of the molecule is N=S(=O)(Cc1ccc(Br)cc1)Cc1ccc(Br)cc1. The summed E-state index contributed by atoms with van der Waals surface area (Å²) in [6.45, 7) is 0. The van der Waals surface area contributed by atoms with Gasteiger partial charge in [-0.05, 0) is 35.4 Å². The van der Waals surface area contributed by atoms with E-state index in [2.05, 4.69) is 31.9 Å². The number of hydrogen-bond acceptors (Lipinski definition) is 2. The first kappa shape index (κ1) is 14.8. The topological polar surface area (TPSA) is 40.9 Å². The molecule has 0 spiro atoms. The number of benzene rings is 2. The first-order chi connectivity index (χ1) is 8.94. The summed E-state index contributed by atoms with van der Waals surface area (Å²) in [5.41, 5.74) is 1.86. The summed E-state index contributed by atoms with van der Waals surface area (Å²) in [5, 5.41) is 0. The third-order valence-electron chi connectivity index (χ3n) is 2.63. The number of halogens is 2. The second-order valence-electron chi connectivity index (χ2n) is 4.35. The molecule has 2 nitrogen and oxygen atoms in total. The van der Waals surface area contributed by atoms with Crippen molar-refractivity contribution in [3.8, 4) is 0 Å². The molecule has 0 bridgehead atoms. The highest BCUT2D eigenvalue weighted by molar-refractivity contribution is 9.10. The van der Waals surface area contributed by atoms with Crippen molar-refractivity contribution in [1.29, 1.82) is 4.78 Å². The Morgan fingerprint density at radius 2 is 1.11 bits per heavy atom. The molecule has 0 aliphatic carbocycles. The van der Waals surface area contributed by atoms with Crippen LogP contribution in [-0.2, 0) is 21.2 Å². The van der Waals surface area contributed by atoms with Crippen molar-refractivity contribution >= 4 is 41.6 Å². The van der Waals surface area contributed by atoms with Crippen LogP contribution in [0.2, 0.25) is 0 Å². The fourth-order valence-electron chi connectivity index (χ4n) is 1.75. The molecule has 0 unspecified atom stereocenters. The molecule has 2 rings (SSSR count). The summed E-state index contributed by atoms with van der Waals surface area (Å²) >= 11 is 6.73. The quantitative estimate of drug-likeness (QED) is 0.771. The second-order valence-corrected chi connectivity index (χ2v) is 8.39. The van der Waals surface area contributed by atoms with E-state index < -0.39 is 9.73 Å². The van der Waals surface area contributed by atoms with Gasteiger partial charge in [0.2, 0.25) is 0 Å². The van der Waals surface area contributed by atoms with Gasteiger partial charge >= 0.3 is 0 Å². The lowest BCUT2D eigenvalue weighted by molar-refractivity contribution is 0.673. The lowest BCUT2D eigenvalue weighted by Crippen LogP contribution is -2.05. The first-order valence-corrected chi connectivity index (χ1v) is 9.16. The molecule has 19 heavy (non-hydrogen) atoms. The van der Waals surface area contributed by atoms with Crippen molar-refractivity contribution in [3.05, 3.63) is 68.6 Å². The maximum atomic E-state index is 12.3. The molecular formula is C14H13Br2NOS. The van der Waals surface area contributed by atoms with E-state index in [0.29, 0.717) is 0 Å². The molecule has 100 valence electrons. The van der Waals surface area contributed by atoms with Crippen LogP contribution in [0, 0.1) is 4.78 Å². The van der Waals surface area contributed by atoms with Crippen molar-refractivity contribution in [1.82, 2.24) is 0 Å². The van der Waals surface area contributed by atoms with E-state index in [1.54, 1.807) is 0 Å². The van der Waals surface area contributed by atoms with Gasteiger partial charge in [0.25, 0.3) is 0 Å². The lowest BCUT2D eigenvalue weighted by Gasteiger charge is -2.08. The molecule has 0 radical (unpaired) electrons. The van der Waals surface area contributed by atoms with Crippen LogP contribution in [0.1, 0.15) is 11.1 Å². The first-order valence-electron chi connectivity index (χ1n) is 5.68. The van der Waals surface area contributed by atoms with Crippen molar-refractivity contribution in [3.63, 3.8) is 0 Å². The van der Waals surface area contributed by atoms with Crippen LogP contribution >= 0.6 is 31.9 Å². The van der Waals surface area contributed by atoms with Gasteiger partial charge in [0, 0.05) is 8.95 Å². The van der Waals surface area contributed by atoms with Gasteiger partial charge in [0.1, 0.15) is 0 Å². The van der Waals surface area contributed by atoms with Gasteiger partial charge < -0.3 is 0 Å². The van der Waals surface area contributed by atoms with E-state index in [0.717, 1.165) is 20.1 Å². The van der Waals surface area contributed by atoms with E-state index >= 15 is 0 Å². The number of hydrogen-bond donors (Lipinski definition) is 1. The lowest BCUT2D eigenvalue weighted by atomic mass is 10.2. The fraction of sp³-hybridized carbons (Fsp3) is 0.143. The molecule has 2 aromatic carbocycles. The zero-order chi connectivity index (χ0) is 13.9. The monoisotopic (exact) mass is 401 g/mol. The average Bonchev–Trinajstić information content (AvgIpc) is 2.34. The zero-order valence-electron chi connectivity index (χ0n) is 10.1. The largest absolute Gasteiger partial charge is 0.252 e. The van der Waals surface area contributed by atoms with Crippen LogP contribution < -0.4 is 0 Å². The standard InChI is InChI=1S/C14H13Br2NOS/c15-13-5-1-11(2-6-13)9-19(17,18)10-12-3-7-14(16)8-4-12/h1-8,17H,9-10H2. The molecule has 0 aliphatic rings. The summed E-state index contributed by atoms with van der Waals surface area (Å²) in [6.07, 6.45) is 0. The Bertz CT molecular complexity index is 595. The summed E-state index contributed by atoms with van der Waals surface area (Å²) in [7, 11) is -2.64. The van der Waals surface area contributed by atoms with Crippen molar-refractivity contribution in [2.75, 3.05) is 0 Å². The van der Waals surface area contributed by atoms with Gasteiger partial charge in [0.05, 0.1) is 21.2 Å². The third-order valence-corrected chi connectivity index (χ3v) is 5.28. The zero-order valence-corrected chi connectivity index (χ0v) is 14.1. The summed E-state index contributed by atoms with van der Waals surface area (Å²) in [6, 6.07) is 15.2. The van der Waals surface area contributed by atoms with Crippen molar-refractivity contribution in [2.24, 2.45) is 0 Å². The van der Waals surface area contributed by atoms with Crippen LogP contribution in [0.3, 0.4) is 0 Å². The minimum atomic E-state index is -2.64. The van der Waals surface area contributed by atoms with E-state index in [1.807, 2.05) is 48.5 Å². The molecule has 2 aromatic rings. The normalized spacial score (nSPS) is 11.5. The third kappa shape index (κ3) is 4.75. The second kappa shape index (κ2) is 6.20. The van der Waals surface area contributed by atoms with E-state index in [4.69, 9.17) is 4.78 Å². The van der Waals surface area contributed by atoms with Gasteiger partial charge in [-0.25, -0.2) is 4.21 Å². The smallest absolute Gasteiger partial charge is 0.0569 e. The summed E-state index contributed by atoms with van der Waals surface area (Å²) in [5.74, 6) is 0.576. The van der Waals surface area contributed by atoms with Gasteiger partial charge in [-0.3, -0.25) is 4.78 Å². The molecule has 0 atom stereocenters. The molecule has 0 saturated carbocycles. The summed E-state index contributed by atoms with van der Waals surface area (Å²) in [4.78, 5) is 0. The molecule has 0 heterocycles. The number of nitrogens with one attached hydrogen (secondary N) is 1. The molecular weight excluding hydrogens is 390 g/mol. The molecule has 5 heteroatoms. The van der Waals surface area contributed by atoms with Crippen LogP contribution in [-0.4, -0.2) is 4.21 Å². The maximum Gasteiger partial charge on any atom is 0.0569 e. The highest BCUT2D eigenvalue weighted by atomic mass is 79.9. The van der Waals surface area contributed by atoms with E-state index in [-0.39, 0.29) is 11.5 Å². The molecule has 1 N–H and O–H groups in total. The Labute approximate surface area is 130 Å². The molecule has 0 fully saturated rings.